The fraction of sp³-hybridized carbons (Fsp3) is 0.571. The summed E-state index contributed by atoms with van der Waals surface area (Å²) in [5.74, 6) is -0.290. The quantitative estimate of drug-likeness (QED) is 0.668. The molecule has 2 amide bonds. The molecular formula is C21H27N3O5S. The monoisotopic (exact) mass is 433 g/mol. The van der Waals surface area contributed by atoms with E-state index >= 15 is 0 Å². The van der Waals surface area contributed by atoms with E-state index in [2.05, 4.69) is 10.3 Å². The second-order valence-corrected chi connectivity index (χ2v) is 9.66. The molecule has 1 aromatic heterocycles. The molecule has 30 heavy (non-hydrogen) atoms. The van der Waals surface area contributed by atoms with E-state index in [0.29, 0.717) is 24.4 Å². The van der Waals surface area contributed by atoms with E-state index in [1.165, 1.54) is 17.4 Å². The number of carboxylic acids is 1. The topological polar surface area (TPSA) is 112 Å². The first-order valence-corrected chi connectivity index (χ1v) is 11.1. The van der Waals surface area contributed by atoms with Crippen LogP contribution < -0.4 is 10.1 Å². The number of hydrogen-bond acceptors (Lipinski definition) is 6. The van der Waals surface area contributed by atoms with Gasteiger partial charge in [0.25, 0.3) is 0 Å². The third kappa shape index (κ3) is 4.37. The van der Waals surface area contributed by atoms with Crippen molar-refractivity contribution < 1.29 is 24.5 Å². The number of ether oxygens (including phenoxy) is 1. The highest BCUT2D eigenvalue weighted by Crippen LogP contribution is 2.33. The maximum atomic E-state index is 12.5. The molecule has 9 heteroatoms. The molecule has 1 aliphatic carbocycles. The number of rotatable bonds is 5. The van der Waals surface area contributed by atoms with Crippen LogP contribution in [0.2, 0.25) is 0 Å². The summed E-state index contributed by atoms with van der Waals surface area (Å²) in [6, 6.07) is 3.13. The summed E-state index contributed by atoms with van der Waals surface area (Å²) in [5.41, 5.74) is 1.81. The highest BCUT2D eigenvalue weighted by Gasteiger charge is 2.36. The number of fused-ring (bicyclic) bond motifs is 1. The van der Waals surface area contributed by atoms with Crippen molar-refractivity contribution in [1.29, 1.82) is 0 Å². The zero-order valence-corrected chi connectivity index (χ0v) is 17.9. The minimum atomic E-state index is -1.01. The Morgan fingerprint density at radius 2 is 1.93 bits per heavy atom. The Balaban J connectivity index is 1.29. The number of likely N-dealkylation sites (tertiary alicyclic amines) is 1. The first-order valence-electron chi connectivity index (χ1n) is 10.3. The van der Waals surface area contributed by atoms with Crippen molar-refractivity contribution in [2.45, 2.75) is 57.3 Å². The number of hydrogen-bond donors (Lipinski definition) is 3. The van der Waals surface area contributed by atoms with Gasteiger partial charge in [-0.3, -0.25) is 0 Å². The number of benzene rings is 1. The molecule has 1 saturated carbocycles. The van der Waals surface area contributed by atoms with E-state index < -0.39 is 11.6 Å². The zero-order valence-electron chi connectivity index (χ0n) is 17.1. The van der Waals surface area contributed by atoms with Crippen molar-refractivity contribution in [3.8, 4) is 5.75 Å². The second kappa shape index (κ2) is 8.03. The van der Waals surface area contributed by atoms with Crippen LogP contribution in [-0.2, 0) is 0 Å². The van der Waals surface area contributed by atoms with Crippen LogP contribution in [0, 0.1) is 5.92 Å². The lowest BCUT2D eigenvalue weighted by molar-refractivity contribution is -0.00326. The van der Waals surface area contributed by atoms with Gasteiger partial charge in [-0.1, -0.05) is 0 Å². The van der Waals surface area contributed by atoms with Crippen molar-refractivity contribution in [3.05, 3.63) is 23.2 Å². The van der Waals surface area contributed by atoms with Gasteiger partial charge in [0.15, 0.2) is 0 Å². The minimum Gasteiger partial charge on any atom is -0.484 e. The molecule has 0 spiro atoms. The summed E-state index contributed by atoms with van der Waals surface area (Å²) in [6.45, 7) is 4.60. The Labute approximate surface area is 178 Å². The molecule has 0 unspecified atom stereocenters. The van der Waals surface area contributed by atoms with Gasteiger partial charge < -0.3 is 25.2 Å². The third-order valence-electron chi connectivity index (χ3n) is 6.13. The van der Waals surface area contributed by atoms with E-state index in [9.17, 15) is 19.8 Å². The molecule has 0 radical (unpaired) electrons. The molecule has 3 N–H and O–H groups in total. The fourth-order valence-electron chi connectivity index (χ4n) is 4.22. The third-order valence-corrected chi connectivity index (χ3v) is 6.91. The number of urea groups is 1. The van der Waals surface area contributed by atoms with Crippen LogP contribution in [0.1, 0.15) is 49.9 Å². The minimum absolute atomic E-state index is 0.0975. The van der Waals surface area contributed by atoms with Gasteiger partial charge in [-0.15, -0.1) is 11.3 Å². The van der Waals surface area contributed by atoms with Crippen LogP contribution in [0.3, 0.4) is 0 Å². The molecule has 1 aliphatic heterocycles. The Hall–Kier alpha value is -2.39. The number of aromatic carboxylic acids is 1. The average molecular weight is 434 g/mol. The van der Waals surface area contributed by atoms with Crippen LogP contribution in [0.4, 0.5) is 4.79 Å². The van der Waals surface area contributed by atoms with Gasteiger partial charge in [0, 0.05) is 6.04 Å². The Kier molecular flexibility index (Phi) is 5.59. The summed E-state index contributed by atoms with van der Waals surface area (Å²) < 4.78 is 6.73. The van der Waals surface area contributed by atoms with Gasteiger partial charge in [-0.25, -0.2) is 14.6 Å². The predicted molar refractivity (Wildman–Crippen MR) is 113 cm³/mol. The van der Waals surface area contributed by atoms with E-state index in [-0.39, 0.29) is 29.7 Å². The highest BCUT2D eigenvalue weighted by molar-refractivity contribution is 7.16. The number of thiazole rings is 1. The number of aliphatic hydroxyl groups is 1. The lowest BCUT2D eigenvalue weighted by Crippen LogP contribution is -2.60. The summed E-state index contributed by atoms with van der Waals surface area (Å²) in [5, 5.41) is 22.5. The van der Waals surface area contributed by atoms with Crippen LogP contribution >= 0.6 is 11.3 Å². The van der Waals surface area contributed by atoms with Gasteiger partial charge in [-0.05, 0) is 57.6 Å². The number of aromatic nitrogens is 1. The van der Waals surface area contributed by atoms with E-state index in [0.717, 1.165) is 30.4 Å². The van der Waals surface area contributed by atoms with Crippen LogP contribution in [0.15, 0.2) is 17.6 Å². The molecule has 2 heterocycles. The van der Waals surface area contributed by atoms with Gasteiger partial charge >= 0.3 is 12.0 Å². The van der Waals surface area contributed by atoms with Gasteiger partial charge in [0.1, 0.15) is 17.4 Å². The number of nitrogens with one attached hydrogen (secondary N) is 1. The number of carbonyl (C=O) groups excluding carboxylic acids is 1. The standard InChI is InChI=1S/C21H27N3O5S/c1-21(2,28)13-3-5-14(6-4-13)23-20(27)24-9-15(10-24)29-16-7-12(19(25)26)8-17-18(16)22-11-30-17/h7-8,11,13-15,28H,3-6,9-10H2,1-2H3,(H,23,27)(H,25,26). The maximum Gasteiger partial charge on any atom is 0.335 e. The molecule has 8 nitrogen and oxygen atoms in total. The number of carbonyl (C=O) groups is 2. The average Bonchev–Trinajstić information content (AvgIpc) is 3.12. The Morgan fingerprint density at radius 3 is 2.57 bits per heavy atom. The van der Waals surface area contributed by atoms with Crippen molar-refractivity contribution in [2.75, 3.05) is 13.1 Å². The largest absolute Gasteiger partial charge is 0.484 e. The predicted octanol–water partition coefficient (Wildman–Crippen LogP) is 3.10. The smallest absolute Gasteiger partial charge is 0.335 e. The van der Waals surface area contributed by atoms with Crippen molar-refractivity contribution >= 4 is 33.6 Å². The van der Waals surface area contributed by atoms with Crippen molar-refractivity contribution in [3.63, 3.8) is 0 Å². The molecule has 0 atom stereocenters. The molecule has 2 aromatic rings. The van der Waals surface area contributed by atoms with Gasteiger partial charge in [0.2, 0.25) is 0 Å². The van der Waals surface area contributed by atoms with Gasteiger partial charge in [-0.2, -0.15) is 0 Å². The second-order valence-electron chi connectivity index (χ2n) is 8.78. The molecule has 0 bridgehead atoms. The summed E-state index contributed by atoms with van der Waals surface area (Å²) in [7, 11) is 0. The lowest BCUT2D eigenvalue weighted by atomic mass is 9.77. The molecule has 162 valence electrons. The van der Waals surface area contributed by atoms with Crippen LogP contribution in [-0.4, -0.2) is 62.9 Å². The van der Waals surface area contributed by atoms with E-state index in [1.54, 1.807) is 16.5 Å². The maximum absolute atomic E-state index is 12.5. The molecule has 4 rings (SSSR count). The highest BCUT2D eigenvalue weighted by atomic mass is 32.1. The first-order chi connectivity index (χ1) is 14.2. The van der Waals surface area contributed by atoms with Crippen LogP contribution in [0.5, 0.6) is 5.75 Å². The summed E-state index contributed by atoms with van der Waals surface area (Å²) in [6.07, 6.45) is 3.37. The number of carboxylic acid groups (broad SMARTS) is 1. The van der Waals surface area contributed by atoms with E-state index in [4.69, 9.17) is 4.74 Å². The van der Waals surface area contributed by atoms with Crippen LogP contribution in [0.25, 0.3) is 10.2 Å². The van der Waals surface area contributed by atoms with E-state index in [1.807, 2.05) is 13.8 Å². The molecule has 2 fully saturated rings. The summed E-state index contributed by atoms with van der Waals surface area (Å²) in [4.78, 5) is 29.8. The molecule has 1 saturated heterocycles. The molecular weight excluding hydrogens is 406 g/mol. The zero-order chi connectivity index (χ0) is 21.5. The SMILES string of the molecule is CC(C)(O)C1CCC(NC(=O)N2CC(Oc3cc(C(=O)O)cc4scnc34)C2)CC1. The summed E-state index contributed by atoms with van der Waals surface area (Å²) >= 11 is 1.37. The molecule has 2 aliphatic rings. The van der Waals surface area contributed by atoms with Gasteiger partial charge in [0.05, 0.1) is 34.5 Å². The first kappa shape index (κ1) is 20.9. The fourth-order valence-corrected chi connectivity index (χ4v) is 4.95. The number of nitrogens with zero attached hydrogens (tertiary/aromatic N) is 2. The Bertz CT molecular complexity index is 940. The number of amides is 2. The normalized spacial score (nSPS) is 22.6. The van der Waals surface area contributed by atoms with Crippen molar-refractivity contribution in [2.24, 2.45) is 5.92 Å². The Morgan fingerprint density at radius 1 is 1.23 bits per heavy atom. The van der Waals surface area contributed by atoms with Crippen molar-refractivity contribution in [1.82, 2.24) is 15.2 Å². The molecule has 1 aromatic carbocycles. The lowest BCUT2D eigenvalue weighted by Gasteiger charge is -2.41.